The fourth-order valence-corrected chi connectivity index (χ4v) is 2.78. The molecule has 0 aliphatic heterocycles. The minimum absolute atomic E-state index is 0.137. The molecule has 1 unspecified atom stereocenters. The van der Waals surface area contributed by atoms with E-state index in [9.17, 15) is 0 Å². The number of hydrogen-bond acceptors (Lipinski definition) is 4. The molecule has 4 heteroatoms. The van der Waals surface area contributed by atoms with Gasteiger partial charge in [-0.05, 0) is 37.5 Å². The molecular formula is C14H18N2OS. The number of nitrogens with zero attached hydrogens (tertiary/aromatic N) is 1. The predicted octanol–water partition coefficient (Wildman–Crippen LogP) is 2.57. The summed E-state index contributed by atoms with van der Waals surface area (Å²) in [6.07, 6.45) is 3.69. The smallest absolute Gasteiger partial charge is 0.118 e. The molecule has 18 heavy (non-hydrogen) atoms. The van der Waals surface area contributed by atoms with Gasteiger partial charge in [-0.25, -0.2) is 4.98 Å². The number of methoxy groups -OCH3 is 1. The average molecular weight is 262 g/mol. The van der Waals surface area contributed by atoms with Crippen molar-refractivity contribution in [2.75, 3.05) is 7.11 Å². The van der Waals surface area contributed by atoms with Crippen molar-refractivity contribution in [2.24, 2.45) is 5.73 Å². The van der Waals surface area contributed by atoms with Crippen LogP contribution in [0.2, 0.25) is 0 Å². The first-order chi connectivity index (χ1) is 8.67. The van der Waals surface area contributed by atoms with Crippen molar-refractivity contribution < 1.29 is 4.74 Å². The van der Waals surface area contributed by atoms with Crippen molar-refractivity contribution in [3.63, 3.8) is 0 Å². The number of rotatable bonds is 5. The molecule has 2 aromatic rings. The molecule has 1 aromatic carbocycles. The molecule has 2 rings (SSSR count). The van der Waals surface area contributed by atoms with Crippen LogP contribution in [0.3, 0.4) is 0 Å². The highest BCUT2D eigenvalue weighted by atomic mass is 32.1. The zero-order valence-corrected chi connectivity index (χ0v) is 11.5. The molecule has 0 radical (unpaired) electrons. The van der Waals surface area contributed by atoms with Gasteiger partial charge in [0.2, 0.25) is 0 Å². The quantitative estimate of drug-likeness (QED) is 0.901. The first kappa shape index (κ1) is 13.1. The molecule has 0 fully saturated rings. The van der Waals surface area contributed by atoms with Crippen molar-refractivity contribution in [3.05, 3.63) is 45.9 Å². The van der Waals surface area contributed by atoms with Gasteiger partial charge in [0.15, 0.2) is 0 Å². The minimum Gasteiger partial charge on any atom is -0.497 e. The van der Waals surface area contributed by atoms with Crippen LogP contribution in [0.4, 0.5) is 0 Å². The summed E-state index contributed by atoms with van der Waals surface area (Å²) in [7, 11) is 1.67. The summed E-state index contributed by atoms with van der Waals surface area (Å²) in [5, 5.41) is 1.10. The topological polar surface area (TPSA) is 48.1 Å². The van der Waals surface area contributed by atoms with Crippen molar-refractivity contribution >= 4 is 11.3 Å². The summed E-state index contributed by atoms with van der Waals surface area (Å²) >= 11 is 1.72. The fourth-order valence-electron chi connectivity index (χ4n) is 1.89. The van der Waals surface area contributed by atoms with Crippen LogP contribution < -0.4 is 10.5 Å². The Morgan fingerprint density at radius 2 is 2.00 bits per heavy atom. The molecule has 2 N–H and O–H groups in total. The van der Waals surface area contributed by atoms with Gasteiger partial charge in [0.05, 0.1) is 12.1 Å². The predicted molar refractivity (Wildman–Crippen MR) is 75.2 cm³/mol. The summed E-state index contributed by atoms with van der Waals surface area (Å²) in [5.74, 6) is 0.880. The maximum Gasteiger partial charge on any atom is 0.118 e. The van der Waals surface area contributed by atoms with Crippen LogP contribution in [0.5, 0.6) is 5.75 Å². The van der Waals surface area contributed by atoms with Gasteiger partial charge in [0.1, 0.15) is 5.75 Å². The van der Waals surface area contributed by atoms with Gasteiger partial charge in [-0.15, -0.1) is 11.3 Å². The van der Waals surface area contributed by atoms with Gasteiger partial charge in [-0.1, -0.05) is 12.1 Å². The molecule has 1 aromatic heterocycles. The lowest BCUT2D eigenvalue weighted by Crippen LogP contribution is -2.25. The molecule has 0 aliphatic rings. The van der Waals surface area contributed by atoms with Gasteiger partial charge < -0.3 is 10.5 Å². The minimum atomic E-state index is 0.137. The molecule has 3 nitrogen and oxygen atoms in total. The Bertz CT molecular complexity index is 493. The molecule has 0 amide bonds. The first-order valence-corrected chi connectivity index (χ1v) is 6.79. The molecule has 1 atom stereocenters. The number of thiazole rings is 1. The van der Waals surface area contributed by atoms with E-state index < -0.39 is 0 Å². The van der Waals surface area contributed by atoms with Crippen LogP contribution in [0.15, 0.2) is 30.5 Å². The monoisotopic (exact) mass is 262 g/mol. The maximum atomic E-state index is 6.17. The lowest BCUT2D eigenvalue weighted by molar-refractivity contribution is 0.414. The van der Waals surface area contributed by atoms with Crippen molar-refractivity contribution in [1.29, 1.82) is 0 Å². The zero-order chi connectivity index (χ0) is 13.0. The fraction of sp³-hybridized carbons (Fsp3) is 0.357. The highest BCUT2D eigenvalue weighted by Crippen LogP contribution is 2.16. The van der Waals surface area contributed by atoms with Crippen LogP contribution in [0, 0.1) is 6.92 Å². The van der Waals surface area contributed by atoms with Crippen LogP contribution in [-0.2, 0) is 12.8 Å². The highest BCUT2D eigenvalue weighted by Gasteiger charge is 2.07. The lowest BCUT2D eigenvalue weighted by Gasteiger charge is -2.10. The van der Waals surface area contributed by atoms with Crippen LogP contribution in [0.25, 0.3) is 0 Å². The van der Waals surface area contributed by atoms with E-state index in [1.165, 1.54) is 10.4 Å². The largest absolute Gasteiger partial charge is 0.497 e. The van der Waals surface area contributed by atoms with Gasteiger partial charge in [-0.3, -0.25) is 0 Å². The van der Waals surface area contributed by atoms with Crippen LogP contribution in [-0.4, -0.2) is 18.1 Å². The highest BCUT2D eigenvalue weighted by molar-refractivity contribution is 7.11. The van der Waals surface area contributed by atoms with Crippen molar-refractivity contribution in [2.45, 2.75) is 25.8 Å². The van der Waals surface area contributed by atoms with E-state index in [0.717, 1.165) is 23.6 Å². The van der Waals surface area contributed by atoms with E-state index in [1.807, 2.05) is 25.3 Å². The van der Waals surface area contributed by atoms with E-state index in [-0.39, 0.29) is 6.04 Å². The average Bonchev–Trinajstić information content (AvgIpc) is 2.75. The molecule has 0 saturated carbocycles. The maximum absolute atomic E-state index is 6.17. The molecule has 96 valence electrons. The Kier molecular flexibility index (Phi) is 4.33. The first-order valence-electron chi connectivity index (χ1n) is 5.97. The molecule has 0 bridgehead atoms. The molecule has 0 spiro atoms. The summed E-state index contributed by atoms with van der Waals surface area (Å²) in [4.78, 5) is 5.50. The lowest BCUT2D eigenvalue weighted by atomic mass is 10.0. The Hall–Kier alpha value is -1.39. The third kappa shape index (κ3) is 3.55. The molecule has 1 heterocycles. The number of ether oxygens (including phenoxy) is 1. The Balaban J connectivity index is 1.91. The second-order valence-corrected chi connectivity index (χ2v) is 5.68. The van der Waals surface area contributed by atoms with E-state index in [2.05, 4.69) is 17.1 Å². The number of aryl methyl sites for hydroxylation is 1. The van der Waals surface area contributed by atoms with Crippen LogP contribution >= 0.6 is 11.3 Å². The van der Waals surface area contributed by atoms with Gasteiger partial charge >= 0.3 is 0 Å². The number of benzene rings is 1. The number of aromatic nitrogens is 1. The number of hydrogen-bond donors (Lipinski definition) is 1. The zero-order valence-electron chi connectivity index (χ0n) is 10.7. The van der Waals surface area contributed by atoms with E-state index in [0.29, 0.717) is 0 Å². The second kappa shape index (κ2) is 5.98. The molecule has 0 saturated heterocycles. The summed E-state index contributed by atoms with van der Waals surface area (Å²) < 4.78 is 5.13. The summed E-state index contributed by atoms with van der Waals surface area (Å²) in [6, 6.07) is 8.21. The van der Waals surface area contributed by atoms with Crippen molar-refractivity contribution in [1.82, 2.24) is 4.98 Å². The van der Waals surface area contributed by atoms with Gasteiger partial charge in [0, 0.05) is 17.1 Å². The second-order valence-electron chi connectivity index (χ2n) is 4.36. The third-order valence-electron chi connectivity index (χ3n) is 2.79. The summed E-state index contributed by atoms with van der Waals surface area (Å²) in [6.45, 7) is 2.02. The van der Waals surface area contributed by atoms with E-state index in [1.54, 1.807) is 18.4 Å². The Morgan fingerprint density at radius 1 is 1.28 bits per heavy atom. The normalized spacial score (nSPS) is 12.4. The van der Waals surface area contributed by atoms with Gasteiger partial charge in [-0.2, -0.15) is 0 Å². The van der Waals surface area contributed by atoms with E-state index >= 15 is 0 Å². The molecule has 0 aliphatic carbocycles. The number of nitrogens with two attached hydrogens (primary N) is 1. The Morgan fingerprint density at radius 3 is 2.56 bits per heavy atom. The van der Waals surface area contributed by atoms with Gasteiger partial charge in [0.25, 0.3) is 0 Å². The molecular weight excluding hydrogens is 244 g/mol. The Labute approximate surface area is 112 Å². The van der Waals surface area contributed by atoms with Crippen LogP contribution in [0.1, 0.15) is 15.4 Å². The third-order valence-corrected chi connectivity index (χ3v) is 3.72. The standard InChI is InChI=1S/C14H18N2OS/c1-10-16-9-14(18-10)8-12(15)7-11-3-5-13(17-2)6-4-11/h3-6,9,12H,7-8,15H2,1-2H3. The van der Waals surface area contributed by atoms with Crippen molar-refractivity contribution in [3.8, 4) is 5.75 Å². The van der Waals surface area contributed by atoms with E-state index in [4.69, 9.17) is 10.5 Å². The summed E-state index contributed by atoms with van der Waals surface area (Å²) in [5.41, 5.74) is 7.41. The SMILES string of the molecule is COc1ccc(CC(N)Cc2cnc(C)s2)cc1.